The highest BCUT2D eigenvalue weighted by Gasteiger charge is 2.25. The van der Waals surface area contributed by atoms with Crippen molar-refractivity contribution in [3.8, 4) is 0 Å². The summed E-state index contributed by atoms with van der Waals surface area (Å²) in [7, 11) is 0. The zero-order valence-corrected chi connectivity index (χ0v) is 13.0. The molecule has 118 valence electrons. The van der Waals surface area contributed by atoms with E-state index in [0.717, 1.165) is 30.8 Å². The van der Waals surface area contributed by atoms with Crippen LogP contribution >= 0.6 is 11.6 Å². The number of hydrogen-bond donors (Lipinski definition) is 2. The maximum absolute atomic E-state index is 11.1. The Hall–Kier alpha value is -1.11. The lowest BCUT2D eigenvalue weighted by atomic mass is 10.1. The van der Waals surface area contributed by atoms with Crippen LogP contribution in [0.25, 0.3) is 0 Å². The SMILES string of the molecule is CCCCc1nc(Cl)c(CN2CCOCC(C(=O)O)C2)[nH]1. The summed E-state index contributed by atoms with van der Waals surface area (Å²) in [5.41, 5.74) is 0.855. The number of ether oxygens (including phenoxy) is 1. The van der Waals surface area contributed by atoms with Crippen molar-refractivity contribution >= 4 is 17.6 Å². The number of nitrogens with zero attached hydrogens (tertiary/aromatic N) is 2. The van der Waals surface area contributed by atoms with Gasteiger partial charge in [0.15, 0.2) is 5.15 Å². The van der Waals surface area contributed by atoms with Crippen LogP contribution in [0.4, 0.5) is 0 Å². The number of nitrogens with one attached hydrogen (secondary N) is 1. The molecule has 1 aliphatic rings. The van der Waals surface area contributed by atoms with Crippen LogP contribution in [0.5, 0.6) is 0 Å². The van der Waals surface area contributed by atoms with Gasteiger partial charge in [0.1, 0.15) is 5.82 Å². The highest BCUT2D eigenvalue weighted by Crippen LogP contribution is 2.18. The number of aromatic nitrogens is 2. The number of hydrogen-bond acceptors (Lipinski definition) is 4. The monoisotopic (exact) mass is 315 g/mol. The number of aliphatic carboxylic acids is 1. The smallest absolute Gasteiger partial charge is 0.310 e. The molecule has 1 aliphatic heterocycles. The molecule has 2 rings (SSSR count). The normalized spacial score (nSPS) is 20.4. The van der Waals surface area contributed by atoms with Crippen LogP contribution in [0.15, 0.2) is 0 Å². The second-order valence-corrected chi connectivity index (χ2v) is 5.76. The molecule has 1 unspecified atom stereocenters. The van der Waals surface area contributed by atoms with Gasteiger partial charge in [-0.3, -0.25) is 9.69 Å². The summed E-state index contributed by atoms with van der Waals surface area (Å²) < 4.78 is 5.34. The molecule has 0 bridgehead atoms. The third-order valence-electron chi connectivity index (χ3n) is 3.62. The molecule has 0 radical (unpaired) electrons. The molecule has 0 spiro atoms. The lowest BCUT2D eigenvalue weighted by molar-refractivity contribution is -0.143. The molecule has 7 heteroatoms. The van der Waals surface area contributed by atoms with Gasteiger partial charge in [0.05, 0.1) is 24.8 Å². The standard InChI is InChI=1S/C14H22ClN3O3/c1-2-3-4-12-16-11(13(15)17-12)8-18-5-6-21-9-10(7-18)14(19)20/h10H,2-9H2,1H3,(H,16,17)(H,19,20). The Balaban J connectivity index is 1.99. The first-order valence-electron chi connectivity index (χ1n) is 7.36. The first-order chi connectivity index (χ1) is 10.1. The van der Waals surface area contributed by atoms with E-state index in [1.54, 1.807) is 0 Å². The van der Waals surface area contributed by atoms with Crippen LogP contribution in [-0.2, 0) is 22.5 Å². The average molecular weight is 316 g/mol. The summed E-state index contributed by atoms with van der Waals surface area (Å²) in [6, 6.07) is 0. The number of carboxylic acids is 1. The van der Waals surface area contributed by atoms with E-state index in [1.807, 2.05) is 0 Å². The van der Waals surface area contributed by atoms with Crippen molar-refractivity contribution in [1.82, 2.24) is 14.9 Å². The summed E-state index contributed by atoms with van der Waals surface area (Å²) >= 11 is 6.17. The summed E-state index contributed by atoms with van der Waals surface area (Å²) in [6.45, 7) is 4.68. The van der Waals surface area contributed by atoms with Gasteiger partial charge in [-0.1, -0.05) is 24.9 Å². The van der Waals surface area contributed by atoms with Gasteiger partial charge in [0.2, 0.25) is 0 Å². The molecular weight excluding hydrogens is 294 g/mol. The molecule has 1 atom stereocenters. The molecule has 0 saturated carbocycles. The van der Waals surface area contributed by atoms with Gasteiger partial charge in [-0.25, -0.2) is 4.98 Å². The maximum atomic E-state index is 11.1. The quantitative estimate of drug-likeness (QED) is 0.838. The van der Waals surface area contributed by atoms with Crippen molar-refractivity contribution in [2.75, 3.05) is 26.3 Å². The van der Waals surface area contributed by atoms with Gasteiger partial charge in [-0.05, 0) is 6.42 Å². The molecule has 0 aromatic carbocycles. The van der Waals surface area contributed by atoms with Crippen molar-refractivity contribution < 1.29 is 14.6 Å². The molecule has 21 heavy (non-hydrogen) atoms. The molecule has 1 fully saturated rings. The summed E-state index contributed by atoms with van der Waals surface area (Å²) in [5, 5.41) is 9.63. The van der Waals surface area contributed by atoms with E-state index < -0.39 is 11.9 Å². The second kappa shape index (κ2) is 7.77. The van der Waals surface area contributed by atoms with Gasteiger partial charge in [-0.2, -0.15) is 0 Å². The van der Waals surface area contributed by atoms with Crippen LogP contribution in [0.2, 0.25) is 5.15 Å². The Bertz CT molecular complexity index is 478. The van der Waals surface area contributed by atoms with Crippen molar-refractivity contribution in [2.24, 2.45) is 5.92 Å². The molecule has 6 nitrogen and oxygen atoms in total. The molecular formula is C14H22ClN3O3. The van der Waals surface area contributed by atoms with Crippen LogP contribution in [0.1, 0.15) is 31.3 Å². The van der Waals surface area contributed by atoms with Crippen molar-refractivity contribution in [3.63, 3.8) is 0 Å². The van der Waals surface area contributed by atoms with Gasteiger partial charge in [0.25, 0.3) is 0 Å². The highest BCUT2D eigenvalue weighted by molar-refractivity contribution is 6.30. The number of aryl methyl sites for hydroxylation is 1. The van der Waals surface area contributed by atoms with E-state index in [4.69, 9.17) is 21.4 Å². The van der Waals surface area contributed by atoms with Gasteiger partial charge in [-0.15, -0.1) is 0 Å². The lowest BCUT2D eigenvalue weighted by Gasteiger charge is -2.20. The van der Waals surface area contributed by atoms with Crippen LogP contribution in [0, 0.1) is 5.92 Å². The van der Waals surface area contributed by atoms with Gasteiger partial charge < -0.3 is 14.8 Å². The number of carbonyl (C=O) groups is 1. The maximum Gasteiger partial charge on any atom is 0.310 e. The third-order valence-corrected chi connectivity index (χ3v) is 3.94. The number of H-pyrrole nitrogens is 1. The van der Waals surface area contributed by atoms with Crippen molar-refractivity contribution in [1.29, 1.82) is 0 Å². The fourth-order valence-corrected chi connectivity index (χ4v) is 2.61. The van der Waals surface area contributed by atoms with Crippen molar-refractivity contribution in [3.05, 3.63) is 16.7 Å². The Morgan fingerprint density at radius 1 is 1.62 bits per heavy atom. The fraction of sp³-hybridized carbons (Fsp3) is 0.714. The topological polar surface area (TPSA) is 78.5 Å². The number of unbranched alkanes of at least 4 members (excludes halogenated alkanes) is 1. The number of halogens is 1. The molecule has 1 aromatic heterocycles. The molecule has 0 aliphatic carbocycles. The Morgan fingerprint density at radius 3 is 3.14 bits per heavy atom. The number of aromatic amines is 1. The lowest BCUT2D eigenvalue weighted by Crippen LogP contribution is -2.33. The number of imidazole rings is 1. The van der Waals surface area contributed by atoms with E-state index in [1.165, 1.54) is 0 Å². The first kappa shape index (κ1) is 16.3. The number of carboxylic acid groups (broad SMARTS) is 1. The van der Waals surface area contributed by atoms with E-state index in [0.29, 0.717) is 31.4 Å². The summed E-state index contributed by atoms with van der Waals surface area (Å²) in [4.78, 5) is 20.8. The van der Waals surface area contributed by atoms with Crippen molar-refractivity contribution in [2.45, 2.75) is 32.7 Å². The first-order valence-corrected chi connectivity index (χ1v) is 7.74. The average Bonchev–Trinajstić information content (AvgIpc) is 2.65. The van der Waals surface area contributed by atoms with Crippen LogP contribution in [-0.4, -0.2) is 52.2 Å². The Morgan fingerprint density at radius 2 is 2.43 bits per heavy atom. The largest absolute Gasteiger partial charge is 0.481 e. The number of rotatable bonds is 6. The Labute approximate surface area is 129 Å². The molecule has 0 amide bonds. The zero-order chi connectivity index (χ0) is 15.2. The predicted octanol–water partition coefficient (Wildman–Crippen LogP) is 1.94. The van der Waals surface area contributed by atoms with E-state index in [9.17, 15) is 4.79 Å². The predicted molar refractivity (Wildman–Crippen MR) is 79.4 cm³/mol. The molecule has 2 N–H and O–H groups in total. The Kier molecular flexibility index (Phi) is 6.02. The third kappa shape index (κ3) is 4.69. The molecule has 1 saturated heterocycles. The second-order valence-electron chi connectivity index (χ2n) is 5.40. The minimum absolute atomic E-state index is 0.268. The minimum atomic E-state index is -0.818. The summed E-state index contributed by atoms with van der Waals surface area (Å²) in [5.74, 6) is -0.410. The molecule has 1 aromatic rings. The fourth-order valence-electron chi connectivity index (χ4n) is 2.40. The van der Waals surface area contributed by atoms with E-state index >= 15 is 0 Å². The van der Waals surface area contributed by atoms with Gasteiger partial charge in [0, 0.05) is 26.1 Å². The highest BCUT2D eigenvalue weighted by atomic mass is 35.5. The minimum Gasteiger partial charge on any atom is -0.481 e. The van der Waals surface area contributed by atoms with Crippen LogP contribution < -0.4 is 0 Å². The van der Waals surface area contributed by atoms with E-state index in [2.05, 4.69) is 21.8 Å². The zero-order valence-electron chi connectivity index (χ0n) is 12.3. The van der Waals surface area contributed by atoms with Crippen LogP contribution in [0.3, 0.4) is 0 Å². The molecule has 2 heterocycles. The van der Waals surface area contributed by atoms with Gasteiger partial charge >= 0.3 is 5.97 Å². The summed E-state index contributed by atoms with van der Waals surface area (Å²) in [6.07, 6.45) is 3.07. The van der Waals surface area contributed by atoms with E-state index in [-0.39, 0.29) is 6.61 Å².